The molecule has 1 aliphatic rings. The number of aryl methyl sites for hydroxylation is 1. The van der Waals surface area contributed by atoms with Crippen molar-refractivity contribution in [2.24, 2.45) is 11.3 Å². The van der Waals surface area contributed by atoms with E-state index in [1.165, 1.54) is 0 Å². The molecule has 2 aromatic rings. The van der Waals surface area contributed by atoms with Crippen molar-refractivity contribution in [3.05, 3.63) is 52.8 Å². The van der Waals surface area contributed by atoms with Crippen LogP contribution in [0.4, 0.5) is 0 Å². The van der Waals surface area contributed by atoms with Crippen LogP contribution in [0.2, 0.25) is 0 Å². The van der Waals surface area contributed by atoms with Gasteiger partial charge in [-0.2, -0.15) is 5.10 Å². The summed E-state index contributed by atoms with van der Waals surface area (Å²) < 4.78 is 13.1. The first-order valence-corrected chi connectivity index (χ1v) is 10.8. The molecule has 1 aromatic heterocycles. The Balaban J connectivity index is 1.72. The minimum atomic E-state index is -0.473. The monoisotopic (exact) mass is 412 g/mol. The maximum atomic E-state index is 12.0. The van der Waals surface area contributed by atoms with Gasteiger partial charge in [0.1, 0.15) is 12.0 Å². The zero-order chi connectivity index (χ0) is 21.4. The molecule has 0 amide bonds. The van der Waals surface area contributed by atoms with Crippen LogP contribution in [0, 0.1) is 11.3 Å². The van der Waals surface area contributed by atoms with Gasteiger partial charge in [0.15, 0.2) is 6.29 Å². The number of ether oxygens (including phenoxy) is 2. The highest BCUT2D eigenvalue weighted by atomic mass is 16.5. The molecule has 0 radical (unpaired) electrons. The summed E-state index contributed by atoms with van der Waals surface area (Å²) in [6.45, 7) is 7.07. The van der Waals surface area contributed by atoms with Gasteiger partial charge in [0.05, 0.1) is 12.3 Å². The van der Waals surface area contributed by atoms with E-state index in [2.05, 4.69) is 19.1 Å². The molecule has 6 nitrogen and oxygen atoms in total. The number of carbonyl (C=O) groups excluding carboxylic acids is 2. The van der Waals surface area contributed by atoms with Gasteiger partial charge in [-0.25, -0.2) is 0 Å². The third-order valence-electron chi connectivity index (χ3n) is 5.91. The van der Waals surface area contributed by atoms with E-state index in [4.69, 9.17) is 14.6 Å². The molecule has 0 aliphatic carbocycles. The van der Waals surface area contributed by atoms with Gasteiger partial charge in [0.25, 0.3) is 0 Å². The molecule has 1 aromatic carbocycles. The molecule has 1 aliphatic heterocycles. The van der Waals surface area contributed by atoms with Crippen LogP contribution in [0.5, 0.6) is 0 Å². The van der Waals surface area contributed by atoms with Crippen molar-refractivity contribution < 1.29 is 19.1 Å². The van der Waals surface area contributed by atoms with Crippen molar-refractivity contribution in [2.75, 3.05) is 19.8 Å². The second-order valence-electron chi connectivity index (χ2n) is 8.32. The van der Waals surface area contributed by atoms with Crippen molar-refractivity contribution in [3.8, 4) is 0 Å². The summed E-state index contributed by atoms with van der Waals surface area (Å²) in [6.07, 6.45) is 4.56. The summed E-state index contributed by atoms with van der Waals surface area (Å²) in [6, 6.07) is 10.1. The molecule has 1 fully saturated rings. The average molecular weight is 413 g/mol. The van der Waals surface area contributed by atoms with E-state index < -0.39 is 5.41 Å². The molecule has 6 heteroatoms. The number of benzene rings is 1. The summed E-state index contributed by atoms with van der Waals surface area (Å²) in [5.74, 6) is 0.244. The first kappa shape index (κ1) is 22.4. The maximum absolute atomic E-state index is 12.0. The fourth-order valence-electron chi connectivity index (χ4n) is 4.10. The summed E-state index contributed by atoms with van der Waals surface area (Å²) in [5, 5.41) is 4.72. The summed E-state index contributed by atoms with van der Waals surface area (Å²) in [5.41, 5.74) is 3.09. The molecule has 0 unspecified atom stereocenters. The van der Waals surface area contributed by atoms with Gasteiger partial charge in [-0.3, -0.25) is 9.48 Å². The van der Waals surface area contributed by atoms with Crippen LogP contribution in [0.25, 0.3) is 0 Å². The van der Waals surface area contributed by atoms with E-state index in [0.717, 1.165) is 29.4 Å². The van der Waals surface area contributed by atoms with Crippen molar-refractivity contribution >= 4 is 12.6 Å². The second-order valence-corrected chi connectivity index (χ2v) is 8.32. The predicted octanol–water partition coefficient (Wildman–Crippen LogP) is 3.65. The van der Waals surface area contributed by atoms with Crippen LogP contribution in [-0.4, -0.2) is 42.2 Å². The number of nitrogens with zero attached hydrogens (tertiary/aromatic N) is 2. The van der Waals surface area contributed by atoms with Crippen molar-refractivity contribution in [1.82, 2.24) is 9.78 Å². The summed E-state index contributed by atoms with van der Waals surface area (Å²) in [7, 11) is 0. The summed E-state index contributed by atoms with van der Waals surface area (Å²) >= 11 is 0. The van der Waals surface area contributed by atoms with Crippen LogP contribution in [0.15, 0.2) is 30.3 Å². The van der Waals surface area contributed by atoms with E-state index >= 15 is 0 Å². The van der Waals surface area contributed by atoms with E-state index in [9.17, 15) is 9.59 Å². The molecule has 0 N–H and O–H groups in total. The molecular formula is C24H32N2O4. The Morgan fingerprint density at radius 2 is 1.97 bits per heavy atom. The van der Waals surface area contributed by atoms with Gasteiger partial charge in [-0.1, -0.05) is 37.3 Å². The Kier molecular flexibility index (Phi) is 7.94. The standard InChI is InChI=1S/C24H32N2O4/c1-3-26-23(15-27)21(14-24(18-28)9-11-29-12-10-24)22(25-26)13-19(2)16-30-17-20-7-5-4-6-8-20/h4-8,15,18-19H,3,9-14,16-17H2,1-2H3/t19-/m1/s1. The number of aromatic nitrogens is 2. The van der Waals surface area contributed by atoms with E-state index in [0.29, 0.717) is 64.3 Å². The number of hydrogen-bond acceptors (Lipinski definition) is 5. The predicted molar refractivity (Wildman–Crippen MR) is 115 cm³/mol. The van der Waals surface area contributed by atoms with Gasteiger partial charge in [-0.15, -0.1) is 0 Å². The quantitative estimate of drug-likeness (QED) is 0.527. The Hall–Kier alpha value is -2.31. The Morgan fingerprint density at radius 3 is 2.60 bits per heavy atom. The molecule has 0 bridgehead atoms. The fraction of sp³-hybridized carbons (Fsp3) is 0.542. The average Bonchev–Trinajstić information content (AvgIpc) is 3.10. The Labute approximate surface area is 178 Å². The molecular weight excluding hydrogens is 380 g/mol. The topological polar surface area (TPSA) is 70.4 Å². The molecule has 0 saturated carbocycles. The highest BCUT2D eigenvalue weighted by Gasteiger charge is 2.35. The second kappa shape index (κ2) is 10.6. The SMILES string of the molecule is CCn1nc(C[C@@H](C)COCc2ccccc2)c(CC2(C=O)CCOCC2)c1C=O. The van der Waals surface area contributed by atoms with Crippen LogP contribution in [0.3, 0.4) is 0 Å². The van der Waals surface area contributed by atoms with E-state index in [-0.39, 0.29) is 5.92 Å². The zero-order valence-electron chi connectivity index (χ0n) is 18.0. The highest BCUT2D eigenvalue weighted by molar-refractivity contribution is 5.76. The van der Waals surface area contributed by atoms with Crippen LogP contribution < -0.4 is 0 Å². The maximum Gasteiger partial charge on any atom is 0.168 e. The first-order chi connectivity index (χ1) is 14.6. The minimum absolute atomic E-state index is 0.244. The molecule has 3 rings (SSSR count). The van der Waals surface area contributed by atoms with Crippen molar-refractivity contribution in [3.63, 3.8) is 0 Å². The number of hydrogen-bond donors (Lipinski definition) is 0. The van der Waals surface area contributed by atoms with Crippen LogP contribution >= 0.6 is 0 Å². The number of rotatable bonds is 11. The fourth-order valence-corrected chi connectivity index (χ4v) is 4.10. The van der Waals surface area contributed by atoms with E-state index in [1.54, 1.807) is 4.68 Å². The molecule has 0 spiro atoms. The van der Waals surface area contributed by atoms with Gasteiger partial charge >= 0.3 is 0 Å². The van der Waals surface area contributed by atoms with Gasteiger partial charge < -0.3 is 14.3 Å². The van der Waals surface area contributed by atoms with Crippen LogP contribution in [0.1, 0.15) is 54.0 Å². The van der Waals surface area contributed by atoms with E-state index in [1.807, 2.05) is 25.1 Å². The zero-order valence-corrected chi connectivity index (χ0v) is 18.0. The van der Waals surface area contributed by atoms with Crippen molar-refractivity contribution in [2.45, 2.75) is 52.7 Å². The smallest absolute Gasteiger partial charge is 0.168 e. The van der Waals surface area contributed by atoms with Crippen LogP contribution in [-0.2, 0) is 40.3 Å². The van der Waals surface area contributed by atoms with Crippen molar-refractivity contribution in [1.29, 1.82) is 0 Å². The van der Waals surface area contributed by atoms with Gasteiger partial charge in [0.2, 0.25) is 0 Å². The molecule has 162 valence electrons. The van der Waals surface area contributed by atoms with Gasteiger partial charge in [0, 0.05) is 37.3 Å². The normalized spacial score (nSPS) is 16.9. The first-order valence-electron chi connectivity index (χ1n) is 10.8. The summed E-state index contributed by atoms with van der Waals surface area (Å²) in [4.78, 5) is 23.9. The molecule has 1 atom stereocenters. The third kappa shape index (κ3) is 5.43. The minimum Gasteiger partial charge on any atom is -0.381 e. The molecule has 30 heavy (non-hydrogen) atoms. The lowest BCUT2D eigenvalue weighted by Gasteiger charge is -2.32. The lowest BCUT2D eigenvalue weighted by molar-refractivity contribution is -0.121. The largest absolute Gasteiger partial charge is 0.381 e. The molecule has 2 heterocycles. The number of carbonyl (C=O) groups is 2. The third-order valence-corrected chi connectivity index (χ3v) is 5.91. The lowest BCUT2D eigenvalue weighted by atomic mass is 9.76. The highest BCUT2D eigenvalue weighted by Crippen LogP contribution is 2.34. The molecule has 1 saturated heterocycles. The number of aldehydes is 2. The Bertz CT molecular complexity index is 825. The Morgan fingerprint density at radius 1 is 1.23 bits per heavy atom. The van der Waals surface area contributed by atoms with Gasteiger partial charge in [-0.05, 0) is 44.1 Å². The lowest BCUT2D eigenvalue weighted by Crippen LogP contribution is -2.33.